The summed E-state index contributed by atoms with van der Waals surface area (Å²) in [5, 5.41) is 20.9. The molecule has 0 bridgehead atoms. The fourth-order valence-corrected chi connectivity index (χ4v) is 3.49. The maximum absolute atomic E-state index is 12.5. The van der Waals surface area contributed by atoms with Crippen molar-refractivity contribution in [2.45, 2.75) is 19.9 Å². The number of aryl methyl sites for hydroxylation is 2. The lowest BCUT2D eigenvalue weighted by molar-refractivity contribution is -0.130. The van der Waals surface area contributed by atoms with Gasteiger partial charge in [-0.25, -0.2) is 4.68 Å². The lowest BCUT2D eigenvalue weighted by Gasteiger charge is -2.30. The van der Waals surface area contributed by atoms with E-state index < -0.39 is 0 Å². The molecule has 3 rings (SSSR count). The first-order chi connectivity index (χ1) is 11.7. The van der Waals surface area contributed by atoms with Gasteiger partial charge in [-0.2, -0.15) is 0 Å². The second-order valence-electron chi connectivity index (χ2n) is 6.61. The summed E-state index contributed by atoms with van der Waals surface area (Å²) in [6.45, 7) is 8.12. The van der Waals surface area contributed by atoms with Crippen molar-refractivity contribution in [3.8, 4) is 0 Å². The van der Waals surface area contributed by atoms with Gasteiger partial charge in [-0.15, -0.1) is 5.10 Å². The first-order valence-electron chi connectivity index (χ1n) is 8.59. The fraction of sp³-hybridized carbons (Fsp3) is 0.867. The molecule has 3 heterocycles. The molecule has 134 valence electrons. The number of tetrazole rings is 1. The van der Waals surface area contributed by atoms with E-state index in [1.54, 1.807) is 4.68 Å². The summed E-state index contributed by atoms with van der Waals surface area (Å²) in [6, 6.07) is 0. The maximum atomic E-state index is 12.5. The van der Waals surface area contributed by atoms with Crippen LogP contribution in [0.25, 0.3) is 0 Å². The van der Waals surface area contributed by atoms with Crippen molar-refractivity contribution in [1.82, 2.24) is 30.0 Å². The molecule has 24 heavy (non-hydrogen) atoms. The van der Waals surface area contributed by atoms with E-state index in [4.69, 9.17) is 4.74 Å². The Balaban J connectivity index is 1.50. The summed E-state index contributed by atoms with van der Waals surface area (Å²) in [6.07, 6.45) is 0.383. The predicted molar refractivity (Wildman–Crippen MR) is 85.1 cm³/mol. The van der Waals surface area contributed by atoms with E-state index in [1.807, 2.05) is 11.8 Å². The van der Waals surface area contributed by atoms with Crippen LogP contribution in [-0.2, 0) is 16.1 Å². The zero-order valence-corrected chi connectivity index (χ0v) is 14.2. The molecule has 2 aliphatic heterocycles. The fourth-order valence-electron chi connectivity index (χ4n) is 3.49. The number of nitrogens with zero attached hydrogens (tertiary/aromatic N) is 6. The lowest BCUT2D eigenvalue weighted by Crippen LogP contribution is -2.41. The van der Waals surface area contributed by atoms with Gasteiger partial charge < -0.3 is 14.7 Å². The van der Waals surface area contributed by atoms with E-state index in [1.165, 1.54) is 0 Å². The summed E-state index contributed by atoms with van der Waals surface area (Å²) in [5.41, 5.74) is 0. The van der Waals surface area contributed by atoms with Gasteiger partial charge >= 0.3 is 0 Å². The van der Waals surface area contributed by atoms with Crippen molar-refractivity contribution in [3.05, 3.63) is 5.82 Å². The topological polar surface area (TPSA) is 96.6 Å². The number of amides is 1. The minimum absolute atomic E-state index is 0.104. The van der Waals surface area contributed by atoms with Crippen molar-refractivity contribution in [2.24, 2.45) is 11.8 Å². The summed E-state index contributed by atoms with van der Waals surface area (Å²) >= 11 is 0. The molecule has 2 fully saturated rings. The van der Waals surface area contributed by atoms with Gasteiger partial charge in [-0.05, 0) is 23.3 Å². The van der Waals surface area contributed by atoms with Crippen LogP contribution in [0.1, 0.15) is 12.2 Å². The molecule has 1 N–H and O–H groups in total. The maximum Gasteiger partial charge on any atom is 0.224 e. The first kappa shape index (κ1) is 17.2. The Morgan fingerprint density at radius 3 is 2.71 bits per heavy atom. The second-order valence-corrected chi connectivity index (χ2v) is 6.61. The molecule has 1 aromatic heterocycles. The number of hydrogen-bond acceptors (Lipinski definition) is 7. The second kappa shape index (κ2) is 8.00. The first-order valence-corrected chi connectivity index (χ1v) is 8.59. The molecule has 2 aliphatic rings. The predicted octanol–water partition coefficient (Wildman–Crippen LogP) is -1.23. The number of morpholine rings is 1. The van der Waals surface area contributed by atoms with Crippen molar-refractivity contribution >= 4 is 5.91 Å². The molecule has 1 aromatic rings. The monoisotopic (exact) mass is 338 g/mol. The average molecular weight is 338 g/mol. The molecule has 0 unspecified atom stereocenters. The van der Waals surface area contributed by atoms with Crippen LogP contribution in [-0.4, -0.2) is 93.6 Å². The van der Waals surface area contributed by atoms with Crippen LogP contribution in [0.3, 0.4) is 0 Å². The van der Waals surface area contributed by atoms with E-state index in [0.717, 1.165) is 39.4 Å². The van der Waals surface area contributed by atoms with Gasteiger partial charge in [0.2, 0.25) is 5.91 Å². The Morgan fingerprint density at radius 2 is 2.04 bits per heavy atom. The third kappa shape index (κ3) is 4.08. The van der Waals surface area contributed by atoms with Crippen molar-refractivity contribution in [1.29, 1.82) is 0 Å². The highest BCUT2D eigenvalue weighted by molar-refractivity contribution is 5.76. The Labute approximate surface area is 141 Å². The summed E-state index contributed by atoms with van der Waals surface area (Å²) in [4.78, 5) is 16.7. The Kier molecular flexibility index (Phi) is 5.75. The van der Waals surface area contributed by atoms with Crippen LogP contribution in [0.5, 0.6) is 0 Å². The molecule has 0 radical (unpaired) electrons. The zero-order valence-electron chi connectivity index (χ0n) is 14.2. The third-order valence-electron chi connectivity index (χ3n) is 5.01. The van der Waals surface area contributed by atoms with Crippen molar-refractivity contribution in [3.63, 3.8) is 0 Å². The highest BCUT2D eigenvalue weighted by atomic mass is 16.5. The number of ether oxygens (including phenoxy) is 1. The molecule has 2 saturated heterocycles. The summed E-state index contributed by atoms with van der Waals surface area (Å²) in [5.74, 6) is 1.30. The van der Waals surface area contributed by atoms with Gasteiger partial charge in [0, 0.05) is 51.7 Å². The highest BCUT2D eigenvalue weighted by Gasteiger charge is 2.35. The summed E-state index contributed by atoms with van der Waals surface area (Å²) in [7, 11) is 0. The van der Waals surface area contributed by atoms with E-state index in [0.29, 0.717) is 31.3 Å². The smallest absolute Gasteiger partial charge is 0.224 e. The third-order valence-corrected chi connectivity index (χ3v) is 5.01. The number of rotatable bonds is 6. The van der Waals surface area contributed by atoms with Crippen LogP contribution in [0.15, 0.2) is 0 Å². The van der Waals surface area contributed by atoms with E-state index in [2.05, 4.69) is 20.4 Å². The molecule has 0 saturated carbocycles. The standard InChI is InChI=1S/C15H26N6O3/c1-12-16-17-18-21(12)3-2-15(23)20-9-13(14(10-20)11-22)8-19-4-6-24-7-5-19/h13-14,22H,2-11H2,1H3/t13-,14-/m1/s1. The molecule has 1 amide bonds. The van der Waals surface area contributed by atoms with E-state index in [-0.39, 0.29) is 18.4 Å². The van der Waals surface area contributed by atoms with Crippen LogP contribution in [0, 0.1) is 18.8 Å². The van der Waals surface area contributed by atoms with E-state index in [9.17, 15) is 9.90 Å². The highest BCUT2D eigenvalue weighted by Crippen LogP contribution is 2.25. The number of hydrogen-bond donors (Lipinski definition) is 1. The largest absolute Gasteiger partial charge is 0.396 e. The number of carbonyl (C=O) groups excluding carboxylic acids is 1. The summed E-state index contributed by atoms with van der Waals surface area (Å²) < 4.78 is 7.02. The zero-order chi connectivity index (χ0) is 16.9. The van der Waals surface area contributed by atoms with Crippen LogP contribution in [0.4, 0.5) is 0 Å². The number of aliphatic hydroxyl groups excluding tert-OH is 1. The Morgan fingerprint density at radius 1 is 1.29 bits per heavy atom. The lowest BCUT2D eigenvalue weighted by atomic mass is 9.96. The van der Waals surface area contributed by atoms with Gasteiger partial charge in [0.05, 0.1) is 19.8 Å². The number of aromatic nitrogens is 4. The van der Waals surface area contributed by atoms with Crippen molar-refractivity contribution in [2.75, 3.05) is 52.5 Å². The van der Waals surface area contributed by atoms with Gasteiger partial charge in [0.1, 0.15) is 5.82 Å². The normalized spacial score (nSPS) is 25.3. The van der Waals surface area contributed by atoms with Gasteiger partial charge in [-0.1, -0.05) is 0 Å². The molecule has 0 aliphatic carbocycles. The Bertz CT molecular complexity index is 545. The van der Waals surface area contributed by atoms with Crippen LogP contribution >= 0.6 is 0 Å². The van der Waals surface area contributed by atoms with Crippen LogP contribution < -0.4 is 0 Å². The molecule has 0 spiro atoms. The average Bonchev–Trinajstić information content (AvgIpc) is 3.19. The number of likely N-dealkylation sites (tertiary alicyclic amines) is 1. The molecule has 0 aromatic carbocycles. The number of carbonyl (C=O) groups is 1. The van der Waals surface area contributed by atoms with Gasteiger partial charge in [-0.3, -0.25) is 9.69 Å². The number of aliphatic hydroxyl groups is 1. The molecule has 2 atom stereocenters. The molecule has 9 nitrogen and oxygen atoms in total. The minimum atomic E-state index is 0.104. The quantitative estimate of drug-likeness (QED) is 0.694. The Hall–Kier alpha value is -1.58. The van der Waals surface area contributed by atoms with E-state index >= 15 is 0 Å². The molecular weight excluding hydrogens is 312 g/mol. The van der Waals surface area contributed by atoms with Gasteiger partial charge in [0.15, 0.2) is 0 Å². The van der Waals surface area contributed by atoms with Crippen molar-refractivity contribution < 1.29 is 14.6 Å². The van der Waals surface area contributed by atoms with Gasteiger partial charge in [0.25, 0.3) is 0 Å². The SMILES string of the molecule is Cc1nnnn1CCC(=O)N1C[C@@H](CN2CCOCC2)[C@@H](CO)C1. The minimum Gasteiger partial charge on any atom is -0.396 e. The molecular formula is C15H26N6O3. The van der Waals surface area contributed by atoms with Crippen LogP contribution in [0.2, 0.25) is 0 Å². The molecule has 9 heteroatoms.